The Morgan fingerprint density at radius 3 is 1.59 bits per heavy atom. The van der Waals surface area contributed by atoms with Gasteiger partial charge in [0.2, 0.25) is 0 Å². The highest BCUT2D eigenvalue weighted by atomic mass is 28.4. The molecular formula is C35H58O4Si2. The largest absolute Gasteiger partial charge is 0.469 e. The molecule has 230 valence electrons. The van der Waals surface area contributed by atoms with Crippen LogP contribution in [-0.4, -0.2) is 41.9 Å². The summed E-state index contributed by atoms with van der Waals surface area (Å²) < 4.78 is 17.9. The fraction of sp³-hybridized carbons (Fsp3) is 0.629. The van der Waals surface area contributed by atoms with Crippen molar-refractivity contribution in [1.29, 1.82) is 0 Å². The molecule has 0 spiro atoms. The van der Waals surface area contributed by atoms with Crippen molar-refractivity contribution in [3.05, 3.63) is 48.6 Å². The van der Waals surface area contributed by atoms with Crippen LogP contribution in [0.5, 0.6) is 0 Å². The molecular weight excluding hydrogens is 541 g/mol. The lowest BCUT2D eigenvalue weighted by Gasteiger charge is -2.38. The van der Waals surface area contributed by atoms with Crippen LogP contribution in [0, 0.1) is 23.7 Å². The van der Waals surface area contributed by atoms with Gasteiger partial charge in [0.25, 0.3) is 0 Å². The predicted octanol–water partition coefficient (Wildman–Crippen LogP) is 9.53. The smallest absolute Gasteiger partial charge is 0.305 e. The molecule has 0 aromatic carbocycles. The molecule has 0 rings (SSSR count). The van der Waals surface area contributed by atoms with Gasteiger partial charge in [0, 0.05) is 6.42 Å². The minimum Gasteiger partial charge on any atom is -0.469 e. The van der Waals surface area contributed by atoms with Crippen molar-refractivity contribution in [3.63, 3.8) is 0 Å². The zero-order valence-corrected chi connectivity index (χ0v) is 30.1. The van der Waals surface area contributed by atoms with Crippen LogP contribution < -0.4 is 0 Å². The summed E-state index contributed by atoms with van der Waals surface area (Å²) >= 11 is 0. The Balaban J connectivity index is 5.26. The number of methoxy groups -OCH3 is 1. The van der Waals surface area contributed by atoms with Crippen molar-refractivity contribution in [2.45, 2.75) is 135 Å². The average molecular weight is 599 g/mol. The van der Waals surface area contributed by atoms with Gasteiger partial charge in [-0.2, -0.15) is 0 Å². The SMILES string of the molecule is CCC=CCC(C=CC#CCC#CC=CC(CC=CCCC(=O)OC)O[Si](C)(C)C(C)(C)C)O[Si](C)(C)C(C)(C)C. The van der Waals surface area contributed by atoms with Gasteiger partial charge < -0.3 is 13.6 Å². The van der Waals surface area contributed by atoms with E-state index in [1.165, 1.54) is 7.11 Å². The van der Waals surface area contributed by atoms with Gasteiger partial charge in [0.05, 0.1) is 25.7 Å². The van der Waals surface area contributed by atoms with Gasteiger partial charge in [-0.05, 0) is 86.3 Å². The van der Waals surface area contributed by atoms with E-state index in [9.17, 15) is 4.79 Å². The minimum atomic E-state index is -1.95. The molecule has 0 bridgehead atoms. The maximum absolute atomic E-state index is 11.3. The molecule has 2 unspecified atom stereocenters. The summed E-state index contributed by atoms with van der Waals surface area (Å²) in [7, 11) is -2.40. The summed E-state index contributed by atoms with van der Waals surface area (Å²) in [5, 5.41) is 0.279. The summed E-state index contributed by atoms with van der Waals surface area (Å²) in [6, 6.07) is 0. The summed E-state index contributed by atoms with van der Waals surface area (Å²) in [6.07, 6.45) is 20.5. The fourth-order valence-corrected chi connectivity index (χ4v) is 5.64. The molecule has 2 atom stereocenters. The van der Waals surface area contributed by atoms with Crippen molar-refractivity contribution >= 4 is 22.6 Å². The van der Waals surface area contributed by atoms with Crippen LogP contribution in [0.3, 0.4) is 0 Å². The molecule has 0 aliphatic rings. The lowest BCUT2D eigenvalue weighted by molar-refractivity contribution is -0.140. The maximum atomic E-state index is 11.3. The Labute approximate surface area is 255 Å². The normalized spacial score (nSPS) is 14.7. The molecule has 0 aromatic heterocycles. The van der Waals surface area contributed by atoms with E-state index in [1.54, 1.807) is 0 Å². The molecule has 0 aromatic rings. The number of esters is 1. The van der Waals surface area contributed by atoms with Crippen LogP contribution in [0.2, 0.25) is 36.3 Å². The number of carbonyl (C=O) groups excluding carboxylic acids is 1. The van der Waals surface area contributed by atoms with E-state index >= 15 is 0 Å². The van der Waals surface area contributed by atoms with E-state index in [2.05, 4.69) is 123 Å². The summed E-state index contributed by atoms with van der Waals surface area (Å²) in [5.41, 5.74) is 0. The summed E-state index contributed by atoms with van der Waals surface area (Å²) in [4.78, 5) is 11.3. The highest BCUT2D eigenvalue weighted by Gasteiger charge is 2.39. The molecule has 0 fully saturated rings. The second kappa shape index (κ2) is 19.2. The third-order valence-corrected chi connectivity index (χ3v) is 16.7. The van der Waals surface area contributed by atoms with E-state index in [-0.39, 0.29) is 28.3 Å². The van der Waals surface area contributed by atoms with E-state index < -0.39 is 16.6 Å². The molecule has 0 N–H and O–H groups in total. The molecule has 4 nitrogen and oxygen atoms in total. The van der Waals surface area contributed by atoms with Gasteiger partial charge in [0.15, 0.2) is 16.6 Å². The Bertz CT molecular complexity index is 1010. The van der Waals surface area contributed by atoms with Gasteiger partial charge in [-0.3, -0.25) is 4.79 Å². The first-order valence-corrected chi connectivity index (χ1v) is 20.8. The predicted molar refractivity (Wildman–Crippen MR) is 182 cm³/mol. The van der Waals surface area contributed by atoms with Gasteiger partial charge >= 0.3 is 5.97 Å². The Kier molecular flexibility index (Phi) is 18.2. The van der Waals surface area contributed by atoms with Crippen LogP contribution in [0.4, 0.5) is 0 Å². The maximum Gasteiger partial charge on any atom is 0.305 e. The Morgan fingerprint density at radius 1 is 0.756 bits per heavy atom. The van der Waals surface area contributed by atoms with Crippen molar-refractivity contribution in [2.24, 2.45) is 0 Å². The second-order valence-electron chi connectivity index (χ2n) is 13.3. The highest BCUT2D eigenvalue weighted by molar-refractivity contribution is 6.74. The first-order chi connectivity index (χ1) is 19.0. The van der Waals surface area contributed by atoms with E-state index in [0.29, 0.717) is 19.3 Å². The quantitative estimate of drug-likeness (QED) is 0.0864. The number of carbonyl (C=O) groups is 1. The lowest BCUT2D eigenvalue weighted by Crippen LogP contribution is -2.43. The zero-order chi connectivity index (χ0) is 31.6. The van der Waals surface area contributed by atoms with Crippen LogP contribution >= 0.6 is 0 Å². The lowest BCUT2D eigenvalue weighted by atomic mass is 10.2. The van der Waals surface area contributed by atoms with Crippen LogP contribution in [-0.2, 0) is 18.4 Å². The molecule has 0 amide bonds. The monoisotopic (exact) mass is 598 g/mol. The number of hydrogen-bond donors (Lipinski definition) is 0. The molecule has 0 radical (unpaired) electrons. The van der Waals surface area contributed by atoms with E-state index in [1.807, 2.05) is 24.3 Å². The molecule has 0 saturated heterocycles. The van der Waals surface area contributed by atoms with Crippen LogP contribution in [0.1, 0.15) is 87.0 Å². The number of hydrogen-bond acceptors (Lipinski definition) is 4. The minimum absolute atomic E-state index is 0.0364. The first-order valence-electron chi connectivity index (χ1n) is 15.0. The molecule has 0 aliphatic carbocycles. The van der Waals surface area contributed by atoms with Gasteiger partial charge in [-0.1, -0.05) is 96.5 Å². The van der Waals surface area contributed by atoms with E-state index in [0.717, 1.165) is 19.3 Å². The zero-order valence-electron chi connectivity index (χ0n) is 28.1. The molecule has 0 aliphatic heterocycles. The Hall–Kier alpha value is -2.10. The van der Waals surface area contributed by atoms with Gasteiger partial charge in [-0.15, -0.1) is 0 Å². The highest BCUT2D eigenvalue weighted by Crippen LogP contribution is 2.38. The standard InChI is InChI=1S/C35H58O4Si2/c1-13-14-21-26-31(38-40(9,10)34(2,3)4)27-22-18-16-15-17-19-23-28-32(39-41(11,12)35(5,6)7)29-24-20-25-30-33(36)37-8/h14,20-24,27-28,31-32H,13,15,25-26,29-30H2,1-12H3. The van der Waals surface area contributed by atoms with Crippen LogP contribution in [0.15, 0.2) is 48.6 Å². The van der Waals surface area contributed by atoms with Crippen molar-refractivity contribution in [1.82, 2.24) is 0 Å². The van der Waals surface area contributed by atoms with Crippen LogP contribution in [0.25, 0.3) is 0 Å². The summed E-state index contributed by atoms with van der Waals surface area (Å²) in [6.45, 7) is 24.7. The first kappa shape index (κ1) is 38.9. The molecule has 41 heavy (non-hydrogen) atoms. The second-order valence-corrected chi connectivity index (χ2v) is 22.8. The van der Waals surface area contributed by atoms with Crippen molar-refractivity contribution < 1.29 is 18.4 Å². The summed E-state index contributed by atoms with van der Waals surface area (Å²) in [5.74, 6) is 12.3. The molecule has 0 saturated carbocycles. The average Bonchev–Trinajstić information content (AvgIpc) is 2.85. The third-order valence-electron chi connectivity index (χ3n) is 7.72. The fourth-order valence-electron chi connectivity index (χ4n) is 3.07. The van der Waals surface area contributed by atoms with Crippen molar-refractivity contribution in [2.75, 3.05) is 7.11 Å². The van der Waals surface area contributed by atoms with E-state index in [4.69, 9.17) is 13.6 Å². The topological polar surface area (TPSA) is 44.8 Å². The van der Waals surface area contributed by atoms with Gasteiger partial charge in [-0.25, -0.2) is 0 Å². The van der Waals surface area contributed by atoms with Crippen molar-refractivity contribution in [3.8, 4) is 23.7 Å². The number of ether oxygens (including phenoxy) is 1. The third kappa shape index (κ3) is 17.5. The number of allylic oxidation sites excluding steroid dienone is 4. The Morgan fingerprint density at radius 2 is 1.20 bits per heavy atom. The molecule has 6 heteroatoms. The van der Waals surface area contributed by atoms with Gasteiger partial charge in [0.1, 0.15) is 0 Å². The number of rotatable bonds is 14. The molecule has 0 heterocycles.